The molecule has 5 heterocycles. The van der Waals surface area contributed by atoms with Gasteiger partial charge >= 0.3 is 17.9 Å². The first-order chi connectivity index (χ1) is 24.8. The van der Waals surface area contributed by atoms with E-state index >= 15 is 0 Å². The molecule has 1 aliphatic carbocycles. The van der Waals surface area contributed by atoms with Gasteiger partial charge in [0, 0.05) is 59.1 Å². The maximum Gasteiger partial charge on any atom is 0.340 e. The number of fused-ring (bicyclic) bond motifs is 8. The summed E-state index contributed by atoms with van der Waals surface area (Å²) in [7, 11) is 3.97. The summed E-state index contributed by atoms with van der Waals surface area (Å²) in [5, 5.41) is 2.92. The maximum absolute atomic E-state index is 13.7. The number of hydrogen-bond acceptors (Lipinski definition) is 9. The van der Waals surface area contributed by atoms with Crippen LogP contribution in [0.1, 0.15) is 97.0 Å². The molecule has 0 radical (unpaired) electrons. The Morgan fingerprint density at radius 3 is 2.15 bits per heavy atom. The number of carbonyl (C=O) groups is 4. The summed E-state index contributed by atoms with van der Waals surface area (Å²) in [5.74, 6) is -2.08. The smallest absolute Gasteiger partial charge is 0.340 e. The minimum Gasteiger partial charge on any atom is -0.469 e. The summed E-state index contributed by atoms with van der Waals surface area (Å²) >= 11 is 0. The Hall–Kier alpha value is -5.52. The molecule has 0 spiro atoms. The van der Waals surface area contributed by atoms with Crippen LogP contribution in [0.2, 0.25) is 0 Å². The van der Waals surface area contributed by atoms with Crippen molar-refractivity contribution in [2.75, 3.05) is 27.9 Å². The Balaban J connectivity index is 1.80. The topological polar surface area (TPSA) is 165 Å². The molecule has 0 aromatic carbocycles. The van der Waals surface area contributed by atoms with Gasteiger partial charge in [0.15, 0.2) is 0 Å². The second-order valence-electron chi connectivity index (χ2n) is 13.6. The third kappa shape index (κ3) is 5.79. The molecule has 1 amide bonds. The lowest BCUT2D eigenvalue weighted by Gasteiger charge is -2.32. The summed E-state index contributed by atoms with van der Waals surface area (Å²) < 4.78 is 15.7. The normalized spacial score (nSPS) is 17.6. The van der Waals surface area contributed by atoms with Crippen LogP contribution in [0, 0.1) is 13.8 Å². The highest BCUT2D eigenvalue weighted by Crippen LogP contribution is 2.57. The number of methoxy groups -OCH3 is 3. The van der Waals surface area contributed by atoms with Crippen LogP contribution >= 0.6 is 0 Å². The quantitative estimate of drug-likeness (QED) is 0.183. The van der Waals surface area contributed by atoms with Crippen molar-refractivity contribution in [2.24, 2.45) is 0 Å². The van der Waals surface area contributed by atoms with Crippen LogP contribution in [-0.2, 0) is 51.6 Å². The third-order valence-electron chi connectivity index (χ3n) is 11.0. The van der Waals surface area contributed by atoms with Gasteiger partial charge in [0.1, 0.15) is 0 Å². The Bertz CT molecular complexity index is 2270. The van der Waals surface area contributed by atoms with Gasteiger partial charge in [0.2, 0.25) is 5.91 Å². The predicted octanol–water partition coefficient (Wildman–Crippen LogP) is 5.84. The van der Waals surface area contributed by atoms with Gasteiger partial charge < -0.3 is 29.5 Å². The van der Waals surface area contributed by atoms with Crippen molar-refractivity contribution in [1.82, 2.24) is 25.3 Å². The van der Waals surface area contributed by atoms with Gasteiger partial charge in [-0.15, -0.1) is 0 Å². The van der Waals surface area contributed by atoms with Crippen molar-refractivity contribution in [3.8, 4) is 0 Å². The number of aryl methyl sites for hydroxylation is 3. The van der Waals surface area contributed by atoms with Crippen molar-refractivity contribution < 1.29 is 33.4 Å². The second kappa shape index (κ2) is 13.9. The number of hydrogen-bond donors (Lipinski definition) is 3. The molecule has 52 heavy (non-hydrogen) atoms. The summed E-state index contributed by atoms with van der Waals surface area (Å²) in [6, 6.07) is 6.02. The van der Waals surface area contributed by atoms with E-state index in [1.54, 1.807) is 6.08 Å². The number of rotatable bonds is 9. The van der Waals surface area contributed by atoms with Crippen LogP contribution in [0.15, 0.2) is 23.8 Å². The number of esters is 3. The summed E-state index contributed by atoms with van der Waals surface area (Å²) in [6.45, 7) is 12.0. The molecular weight excluding hydrogens is 662 g/mol. The molecule has 8 bridgehead atoms. The zero-order valence-electron chi connectivity index (χ0n) is 31.2. The van der Waals surface area contributed by atoms with E-state index in [0.717, 1.165) is 50.7 Å². The fraction of sp³-hybridized carbons (Fsp3) is 0.400. The van der Waals surface area contributed by atoms with Crippen LogP contribution in [0.25, 0.3) is 39.3 Å². The van der Waals surface area contributed by atoms with E-state index in [1.807, 2.05) is 32.9 Å². The minimum atomic E-state index is -1.09. The van der Waals surface area contributed by atoms with E-state index in [0.29, 0.717) is 52.5 Å². The van der Waals surface area contributed by atoms with Gasteiger partial charge in [0.05, 0.1) is 55.0 Å². The molecule has 6 rings (SSSR count). The molecule has 3 aliphatic rings. The van der Waals surface area contributed by atoms with Crippen molar-refractivity contribution in [2.45, 2.75) is 78.6 Å². The number of aromatic amines is 2. The van der Waals surface area contributed by atoms with E-state index in [2.05, 4.69) is 35.2 Å². The molecule has 2 unspecified atom stereocenters. The average Bonchev–Trinajstić information content (AvgIpc) is 3.87. The van der Waals surface area contributed by atoms with Crippen LogP contribution in [-0.4, -0.2) is 71.6 Å². The van der Waals surface area contributed by atoms with Gasteiger partial charge in [-0.1, -0.05) is 13.8 Å². The van der Waals surface area contributed by atoms with Gasteiger partial charge in [-0.05, 0) is 92.1 Å². The highest BCUT2D eigenvalue weighted by Gasteiger charge is 2.55. The van der Waals surface area contributed by atoms with Gasteiger partial charge in [-0.2, -0.15) is 0 Å². The molecule has 3 N–H and O–H groups in total. The lowest BCUT2D eigenvalue weighted by Crippen LogP contribution is -2.34. The lowest BCUT2D eigenvalue weighted by atomic mass is 9.68. The molecule has 0 saturated heterocycles. The van der Waals surface area contributed by atoms with E-state index in [-0.39, 0.29) is 24.3 Å². The molecule has 3 aromatic heterocycles. The zero-order valence-corrected chi connectivity index (χ0v) is 31.2. The zero-order chi connectivity index (χ0) is 37.6. The maximum atomic E-state index is 13.7. The molecule has 12 nitrogen and oxygen atoms in total. The van der Waals surface area contributed by atoms with Crippen LogP contribution in [0.3, 0.4) is 0 Å². The predicted molar refractivity (Wildman–Crippen MR) is 198 cm³/mol. The van der Waals surface area contributed by atoms with E-state index < -0.39 is 29.2 Å². The van der Waals surface area contributed by atoms with E-state index in [1.165, 1.54) is 28.3 Å². The number of carbonyl (C=O) groups excluding carboxylic acids is 4. The molecular formula is C40H45N5O7. The number of ether oxygens (including phenoxy) is 3. The van der Waals surface area contributed by atoms with E-state index in [4.69, 9.17) is 24.2 Å². The van der Waals surface area contributed by atoms with Crippen molar-refractivity contribution in [3.63, 3.8) is 0 Å². The molecule has 2 atom stereocenters. The number of allylic oxidation sites excluding steroid dienone is 1. The average molecular weight is 708 g/mol. The SMILES string of the molecule is CCc1c(C)c2cc3[nH]c(cc4nc5c(c6nc(cc1[nH]2)C(C)=C6C(=O)OC)C=C(C(=O)OC)C5(CCC(=O)OC)C4C)c(C)c3CCNC(C)=O. The summed E-state index contributed by atoms with van der Waals surface area (Å²) in [4.78, 5) is 69.3. The Morgan fingerprint density at radius 1 is 0.865 bits per heavy atom. The molecule has 0 fully saturated rings. The van der Waals surface area contributed by atoms with Gasteiger partial charge in [0.25, 0.3) is 0 Å². The van der Waals surface area contributed by atoms with Crippen molar-refractivity contribution in [1.29, 1.82) is 0 Å². The molecule has 0 saturated carbocycles. The van der Waals surface area contributed by atoms with E-state index in [9.17, 15) is 19.2 Å². The van der Waals surface area contributed by atoms with Crippen LogP contribution in [0.5, 0.6) is 0 Å². The summed E-state index contributed by atoms with van der Waals surface area (Å²) in [5.41, 5.74) is 10.4. The highest BCUT2D eigenvalue weighted by atomic mass is 16.5. The fourth-order valence-corrected chi connectivity index (χ4v) is 8.06. The Labute approximate surface area is 302 Å². The molecule has 12 heteroatoms. The largest absolute Gasteiger partial charge is 0.469 e. The number of nitrogens with one attached hydrogen (secondary N) is 3. The Morgan fingerprint density at radius 2 is 1.52 bits per heavy atom. The first-order valence-corrected chi connectivity index (χ1v) is 17.5. The first kappa shape index (κ1) is 36.3. The third-order valence-corrected chi connectivity index (χ3v) is 11.0. The Kier molecular flexibility index (Phi) is 9.69. The van der Waals surface area contributed by atoms with Crippen molar-refractivity contribution in [3.05, 3.63) is 74.4 Å². The molecule has 272 valence electrons. The van der Waals surface area contributed by atoms with Gasteiger partial charge in [-0.3, -0.25) is 14.6 Å². The number of nitrogens with zero attached hydrogens (tertiary/aromatic N) is 2. The van der Waals surface area contributed by atoms with Crippen molar-refractivity contribution >= 4 is 63.1 Å². The molecule has 3 aromatic rings. The van der Waals surface area contributed by atoms with Gasteiger partial charge in [-0.25, -0.2) is 14.6 Å². The number of amides is 1. The standard InChI is InChI=1S/C40H45N5O7/c1-10-24-19(2)29-17-33-25(12-14-41-23(6)46)20(3)28(43-33)16-31-22(5)40(13-11-34(47)50-7)27(38(48)51-8)15-26(37(40)45-31)36-35(39(49)52-9)21(4)30(44-36)18-32(24)42-29/h15-18,22,42-43H,10-14H2,1-9H3,(H,41,46). The fourth-order valence-electron chi connectivity index (χ4n) is 8.06. The number of H-pyrrole nitrogens is 2. The number of aromatic nitrogens is 4. The molecule has 2 aliphatic heterocycles. The minimum absolute atomic E-state index is 0.00707. The lowest BCUT2D eigenvalue weighted by molar-refractivity contribution is -0.142. The van der Waals surface area contributed by atoms with Crippen LogP contribution in [0.4, 0.5) is 0 Å². The first-order valence-electron chi connectivity index (χ1n) is 17.5. The monoisotopic (exact) mass is 707 g/mol. The van der Waals surface area contributed by atoms with Crippen LogP contribution < -0.4 is 5.32 Å². The second-order valence-corrected chi connectivity index (χ2v) is 13.6. The highest BCUT2D eigenvalue weighted by molar-refractivity contribution is 6.26. The summed E-state index contributed by atoms with van der Waals surface area (Å²) in [6.07, 6.45) is 3.24.